The predicted molar refractivity (Wildman–Crippen MR) is 96.2 cm³/mol. The molecule has 4 heteroatoms. The number of carboxylic acids is 1. The third-order valence-electron chi connectivity index (χ3n) is 4.48. The van der Waals surface area contributed by atoms with E-state index in [2.05, 4.69) is 10.3 Å². The number of H-pyrrole nitrogens is 1. The number of fused-ring (bicyclic) bond motifs is 1. The molecule has 0 spiro atoms. The molecule has 0 saturated carbocycles. The Kier molecular flexibility index (Phi) is 4.67. The summed E-state index contributed by atoms with van der Waals surface area (Å²) in [5.41, 5.74) is 4.21. The first-order valence-electron chi connectivity index (χ1n) is 8.16. The van der Waals surface area contributed by atoms with Gasteiger partial charge in [0, 0.05) is 29.1 Å². The first kappa shape index (κ1) is 16.3. The normalized spacial score (nSPS) is 13.8. The van der Waals surface area contributed by atoms with Crippen molar-refractivity contribution in [3.63, 3.8) is 0 Å². The van der Waals surface area contributed by atoms with Crippen molar-refractivity contribution in [2.75, 3.05) is 0 Å². The van der Waals surface area contributed by atoms with Gasteiger partial charge in [-0.2, -0.15) is 0 Å². The van der Waals surface area contributed by atoms with Gasteiger partial charge in [0.05, 0.1) is 0 Å². The number of aliphatic carboxylic acids is 1. The first-order valence-corrected chi connectivity index (χ1v) is 8.16. The number of para-hydroxylation sites is 1. The minimum Gasteiger partial charge on any atom is -0.480 e. The van der Waals surface area contributed by atoms with Gasteiger partial charge < -0.3 is 10.1 Å². The summed E-state index contributed by atoms with van der Waals surface area (Å²) in [6, 6.07) is 17.2. The summed E-state index contributed by atoms with van der Waals surface area (Å²) in [6.45, 7) is 3.99. The zero-order chi connectivity index (χ0) is 17.1. The number of aromatic amines is 1. The molecule has 0 aliphatic rings. The van der Waals surface area contributed by atoms with Crippen LogP contribution in [0.2, 0.25) is 0 Å². The quantitative estimate of drug-likeness (QED) is 0.646. The first-order chi connectivity index (χ1) is 11.6. The smallest absolute Gasteiger partial charge is 0.321 e. The van der Waals surface area contributed by atoms with Crippen molar-refractivity contribution < 1.29 is 9.90 Å². The summed E-state index contributed by atoms with van der Waals surface area (Å²) in [7, 11) is 0. The van der Waals surface area contributed by atoms with Crippen molar-refractivity contribution in [2.24, 2.45) is 0 Å². The molecule has 0 aliphatic heterocycles. The van der Waals surface area contributed by atoms with Crippen LogP contribution in [0.4, 0.5) is 0 Å². The lowest BCUT2D eigenvalue weighted by Crippen LogP contribution is -2.40. The van der Waals surface area contributed by atoms with Crippen molar-refractivity contribution in [3.05, 3.63) is 71.4 Å². The van der Waals surface area contributed by atoms with Gasteiger partial charge in [-0.25, -0.2) is 0 Å². The number of carboxylic acid groups (broad SMARTS) is 1. The highest BCUT2D eigenvalue weighted by Gasteiger charge is 2.23. The Morgan fingerprint density at radius 2 is 1.79 bits per heavy atom. The number of aryl methyl sites for hydroxylation is 1. The number of hydrogen-bond acceptors (Lipinski definition) is 2. The van der Waals surface area contributed by atoms with Crippen LogP contribution in [0.15, 0.2) is 54.6 Å². The molecule has 124 valence electrons. The van der Waals surface area contributed by atoms with E-state index in [1.54, 1.807) is 0 Å². The molecule has 2 atom stereocenters. The van der Waals surface area contributed by atoms with Crippen molar-refractivity contribution in [2.45, 2.75) is 32.4 Å². The fraction of sp³-hybridized carbons (Fsp3) is 0.250. The minimum absolute atomic E-state index is 0.0298. The Balaban J connectivity index is 1.84. The molecule has 2 unspecified atom stereocenters. The number of benzene rings is 2. The van der Waals surface area contributed by atoms with Gasteiger partial charge in [-0.05, 0) is 31.0 Å². The molecular formula is C20H22N2O2. The third-order valence-corrected chi connectivity index (χ3v) is 4.48. The molecule has 3 N–H and O–H groups in total. The lowest BCUT2D eigenvalue weighted by molar-refractivity contribution is -0.139. The van der Waals surface area contributed by atoms with E-state index in [1.807, 2.05) is 68.4 Å². The van der Waals surface area contributed by atoms with Crippen LogP contribution in [0.1, 0.15) is 29.8 Å². The van der Waals surface area contributed by atoms with Crippen molar-refractivity contribution >= 4 is 16.9 Å². The molecule has 3 rings (SSSR count). The Labute approximate surface area is 141 Å². The summed E-state index contributed by atoms with van der Waals surface area (Å²) in [4.78, 5) is 15.1. The standard InChI is InChI=1S/C20H22N2O2/c1-13(15-8-4-3-5-9-15)21-19(20(23)24)12-17-14(2)22-18-11-7-6-10-16(17)18/h3-11,13,19,21-22H,12H2,1-2H3,(H,23,24). The molecule has 0 fully saturated rings. The van der Waals surface area contributed by atoms with Crippen molar-refractivity contribution in [1.82, 2.24) is 10.3 Å². The highest BCUT2D eigenvalue weighted by Crippen LogP contribution is 2.24. The second-order valence-electron chi connectivity index (χ2n) is 6.17. The fourth-order valence-corrected chi connectivity index (χ4v) is 3.16. The summed E-state index contributed by atoms with van der Waals surface area (Å²) in [5, 5.41) is 14.0. The Morgan fingerprint density at radius 1 is 1.12 bits per heavy atom. The summed E-state index contributed by atoms with van der Waals surface area (Å²) in [5.74, 6) is -0.831. The van der Waals surface area contributed by atoms with E-state index in [0.29, 0.717) is 6.42 Å². The molecule has 0 bridgehead atoms. The van der Waals surface area contributed by atoms with Gasteiger partial charge in [0.2, 0.25) is 0 Å². The van der Waals surface area contributed by atoms with E-state index in [4.69, 9.17) is 0 Å². The monoisotopic (exact) mass is 322 g/mol. The van der Waals surface area contributed by atoms with Crippen LogP contribution < -0.4 is 5.32 Å². The lowest BCUT2D eigenvalue weighted by Gasteiger charge is -2.21. The van der Waals surface area contributed by atoms with Gasteiger partial charge in [-0.1, -0.05) is 48.5 Å². The fourth-order valence-electron chi connectivity index (χ4n) is 3.16. The second kappa shape index (κ2) is 6.89. The zero-order valence-electron chi connectivity index (χ0n) is 13.9. The van der Waals surface area contributed by atoms with Crippen molar-refractivity contribution in [1.29, 1.82) is 0 Å². The molecule has 0 radical (unpaired) electrons. The number of aromatic nitrogens is 1. The third kappa shape index (κ3) is 3.34. The van der Waals surface area contributed by atoms with E-state index in [9.17, 15) is 9.90 Å². The van der Waals surface area contributed by atoms with Crippen LogP contribution in [0.5, 0.6) is 0 Å². The molecule has 1 aromatic heterocycles. The van der Waals surface area contributed by atoms with Crippen LogP contribution in [0.3, 0.4) is 0 Å². The van der Waals surface area contributed by atoms with Gasteiger partial charge >= 0.3 is 5.97 Å². The number of nitrogens with one attached hydrogen (secondary N) is 2. The summed E-state index contributed by atoms with van der Waals surface area (Å²) >= 11 is 0. The molecule has 4 nitrogen and oxygen atoms in total. The highest BCUT2D eigenvalue weighted by molar-refractivity contribution is 5.85. The molecule has 24 heavy (non-hydrogen) atoms. The van der Waals surface area contributed by atoms with Gasteiger partial charge in [-0.15, -0.1) is 0 Å². The Morgan fingerprint density at radius 3 is 2.50 bits per heavy atom. The second-order valence-corrected chi connectivity index (χ2v) is 6.17. The maximum atomic E-state index is 11.8. The number of carbonyl (C=O) groups is 1. The van der Waals surface area contributed by atoms with Gasteiger partial charge in [0.15, 0.2) is 0 Å². The molecule has 3 aromatic rings. The van der Waals surface area contributed by atoms with E-state index < -0.39 is 12.0 Å². The van der Waals surface area contributed by atoms with Gasteiger partial charge in [0.1, 0.15) is 6.04 Å². The topological polar surface area (TPSA) is 65.1 Å². The summed E-state index contributed by atoms with van der Waals surface area (Å²) in [6.07, 6.45) is 0.447. The maximum absolute atomic E-state index is 11.8. The molecule has 1 heterocycles. The minimum atomic E-state index is -0.831. The van der Waals surface area contributed by atoms with E-state index in [0.717, 1.165) is 27.7 Å². The largest absolute Gasteiger partial charge is 0.480 e. The predicted octanol–water partition coefficient (Wildman–Crippen LogP) is 3.82. The van der Waals surface area contributed by atoms with Crippen molar-refractivity contribution in [3.8, 4) is 0 Å². The molecule has 0 saturated heterocycles. The molecule has 0 amide bonds. The van der Waals surface area contributed by atoms with Gasteiger partial charge in [0.25, 0.3) is 0 Å². The molecular weight excluding hydrogens is 300 g/mol. The Bertz CT molecular complexity index is 839. The maximum Gasteiger partial charge on any atom is 0.321 e. The molecule has 0 aliphatic carbocycles. The van der Waals surface area contributed by atoms with Crippen LogP contribution in [-0.2, 0) is 11.2 Å². The van der Waals surface area contributed by atoms with Crippen LogP contribution in [0, 0.1) is 6.92 Å². The number of hydrogen-bond donors (Lipinski definition) is 3. The zero-order valence-corrected chi connectivity index (χ0v) is 13.9. The molecule has 2 aromatic carbocycles. The van der Waals surface area contributed by atoms with E-state index in [-0.39, 0.29) is 6.04 Å². The average molecular weight is 322 g/mol. The SMILES string of the molecule is Cc1[nH]c2ccccc2c1CC(NC(C)c1ccccc1)C(=O)O. The van der Waals surface area contributed by atoms with E-state index >= 15 is 0 Å². The Hall–Kier alpha value is -2.59. The number of rotatable bonds is 6. The van der Waals surface area contributed by atoms with Crippen LogP contribution in [0.25, 0.3) is 10.9 Å². The average Bonchev–Trinajstić information content (AvgIpc) is 2.90. The van der Waals surface area contributed by atoms with Crippen LogP contribution in [-0.4, -0.2) is 22.1 Å². The highest BCUT2D eigenvalue weighted by atomic mass is 16.4. The summed E-state index contributed by atoms with van der Waals surface area (Å²) < 4.78 is 0. The van der Waals surface area contributed by atoms with E-state index in [1.165, 1.54) is 0 Å². The van der Waals surface area contributed by atoms with Crippen LogP contribution >= 0.6 is 0 Å². The lowest BCUT2D eigenvalue weighted by atomic mass is 10.0. The van der Waals surface area contributed by atoms with Gasteiger partial charge in [-0.3, -0.25) is 10.1 Å².